The third kappa shape index (κ3) is 4.88. The molecule has 178 valence electrons. The first kappa shape index (κ1) is 24.4. The van der Waals surface area contributed by atoms with Gasteiger partial charge < -0.3 is 10.4 Å². The van der Waals surface area contributed by atoms with Gasteiger partial charge in [0, 0.05) is 24.6 Å². The molecule has 0 saturated heterocycles. The van der Waals surface area contributed by atoms with E-state index in [1.54, 1.807) is 13.8 Å². The van der Waals surface area contributed by atoms with Crippen LogP contribution in [0.2, 0.25) is 5.02 Å². The van der Waals surface area contributed by atoms with Crippen LogP contribution >= 0.6 is 11.6 Å². The maximum Gasteiger partial charge on any atom is 0.251 e. The maximum absolute atomic E-state index is 13.6. The van der Waals surface area contributed by atoms with Crippen molar-refractivity contribution >= 4 is 27.5 Å². The van der Waals surface area contributed by atoms with Crippen LogP contribution in [0.15, 0.2) is 77.7 Å². The van der Waals surface area contributed by atoms with E-state index in [9.17, 15) is 18.3 Å². The molecular weight excluding hydrogens is 472 g/mol. The molecule has 0 spiro atoms. The third-order valence-electron chi connectivity index (χ3n) is 6.03. The second-order valence-corrected chi connectivity index (χ2v) is 11.0. The first-order chi connectivity index (χ1) is 16.2. The van der Waals surface area contributed by atoms with Crippen molar-refractivity contribution in [2.75, 3.05) is 0 Å². The van der Waals surface area contributed by atoms with Crippen molar-refractivity contribution < 1.29 is 18.3 Å². The van der Waals surface area contributed by atoms with Crippen molar-refractivity contribution in [1.29, 1.82) is 0 Å². The predicted molar refractivity (Wildman–Crippen MR) is 132 cm³/mol. The number of nitrogens with zero attached hydrogens (tertiary/aromatic N) is 1. The average molecular weight is 499 g/mol. The molecule has 2 atom stereocenters. The van der Waals surface area contributed by atoms with Crippen LogP contribution in [0.1, 0.15) is 46.9 Å². The summed E-state index contributed by atoms with van der Waals surface area (Å²) in [5.74, 6) is -0.479. The third-order valence-corrected chi connectivity index (χ3v) is 8.53. The smallest absolute Gasteiger partial charge is 0.251 e. The minimum atomic E-state index is -4.00. The summed E-state index contributed by atoms with van der Waals surface area (Å²) in [7, 11) is -4.00. The molecule has 6 nitrogen and oxygen atoms in total. The quantitative estimate of drug-likeness (QED) is 0.507. The average Bonchev–Trinajstić information content (AvgIpc) is 3.13. The fourth-order valence-corrected chi connectivity index (χ4v) is 6.38. The number of aliphatic hydroxyl groups is 1. The molecule has 1 amide bonds. The number of fused-ring (bicyclic) bond motifs is 1. The zero-order valence-corrected chi connectivity index (χ0v) is 20.6. The van der Waals surface area contributed by atoms with Crippen molar-refractivity contribution in [3.05, 3.63) is 100 Å². The van der Waals surface area contributed by atoms with Crippen LogP contribution in [0.4, 0.5) is 0 Å². The summed E-state index contributed by atoms with van der Waals surface area (Å²) in [6.45, 7) is 3.77. The Morgan fingerprint density at radius 2 is 1.76 bits per heavy atom. The van der Waals surface area contributed by atoms with Crippen LogP contribution in [-0.2, 0) is 23.0 Å². The number of carbonyl (C=O) groups excluding carboxylic acids is 1. The van der Waals surface area contributed by atoms with Gasteiger partial charge in [0.05, 0.1) is 17.2 Å². The van der Waals surface area contributed by atoms with E-state index in [0.717, 1.165) is 16.7 Å². The Bertz CT molecular complexity index is 1300. The highest BCUT2D eigenvalue weighted by atomic mass is 35.5. The van der Waals surface area contributed by atoms with Gasteiger partial charge in [-0.15, -0.1) is 0 Å². The van der Waals surface area contributed by atoms with Crippen molar-refractivity contribution in [1.82, 2.24) is 9.62 Å². The summed E-state index contributed by atoms with van der Waals surface area (Å²) in [4.78, 5) is 12.9. The number of benzene rings is 3. The normalized spacial score (nSPS) is 17.7. The van der Waals surface area contributed by atoms with Gasteiger partial charge in [0.25, 0.3) is 5.91 Å². The van der Waals surface area contributed by atoms with Crippen molar-refractivity contribution in [2.45, 2.75) is 49.9 Å². The molecule has 0 aliphatic heterocycles. The number of hydrogen-bond donors (Lipinski definition) is 2. The molecule has 1 aliphatic rings. The molecule has 8 heteroatoms. The highest BCUT2D eigenvalue weighted by Gasteiger charge is 2.33. The number of nitrogens with one attached hydrogen (secondary N) is 1. The van der Waals surface area contributed by atoms with E-state index in [4.69, 9.17) is 11.6 Å². The van der Waals surface area contributed by atoms with E-state index < -0.39 is 28.1 Å². The number of carbonyl (C=O) groups is 1. The molecule has 0 heterocycles. The predicted octanol–water partition coefficient (Wildman–Crippen LogP) is 4.33. The zero-order chi connectivity index (χ0) is 24.5. The Morgan fingerprint density at radius 3 is 2.47 bits per heavy atom. The van der Waals surface area contributed by atoms with E-state index in [1.807, 2.05) is 54.6 Å². The first-order valence-electron chi connectivity index (χ1n) is 11.1. The fraction of sp³-hybridized carbons (Fsp3) is 0.269. The summed E-state index contributed by atoms with van der Waals surface area (Å²) >= 11 is 6.32. The number of amides is 1. The Kier molecular flexibility index (Phi) is 7.09. The van der Waals surface area contributed by atoms with Crippen molar-refractivity contribution in [3.63, 3.8) is 0 Å². The Morgan fingerprint density at radius 1 is 1.09 bits per heavy atom. The first-order valence-corrected chi connectivity index (χ1v) is 12.9. The second kappa shape index (κ2) is 9.88. The molecule has 0 saturated carbocycles. The van der Waals surface area contributed by atoms with E-state index in [2.05, 4.69) is 5.32 Å². The zero-order valence-electron chi connectivity index (χ0n) is 19.0. The molecule has 1 aliphatic carbocycles. The van der Waals surface area contributed by atoms with Crippen LogP contribution in [0.3, 0.4) is 0 Å². The van der Waals surface area contributed by atoms with Gasteiger partial charge in [0.2, 0.25) is 10.0 Å². The standard InChI is InChI=1S/C26H27ClN2O4S/c1-17(2)29(16-18-8-4-3-5-9-18)34(32,33)24-15-20(12-13-22(24)27)26(31)28-25-21-11-7-6-10-19(21)14-23(25)30/h3-13,15,17,23,25,30H,14,16H2,1-2H3,(H,28,31)/t23-,25+/m0/s1. The molecule has 4 rings (SSSR count). The lowest BCUT2D eigenvalue weighted by molar-refractivity contribution is 0.0858. The number of hydrogen-bond acceptors (Lipinski definition) is 4. The van der Waals surface area contributed by atoms with Crippen LogP contribution in [0.25, 0.3) is 0 Å². The highest BCUT2D eigenvalue weighted by Crippen LogP contribution is 2.32. The van der Waals surface area contributed by atoms with Gasteiger partial charge in [0.1, 0.15) is 4.90 Å². The molecule has 0 radical (unpaired) electrons. The Balaban J connectivity index is 1.63. The van der Waals surface area contributed by atoms with Gasteiger partial charge in [-0.3, -0.25) is 4.79 Å². The molecule has 3 aromatic carbocycles. The highest BCUT2D eigenvalue weighted by molar-refractivity contribution is 7.89. The summed E-state index contributed by atoms with van der Waals surface area (Å²) in [5, 5.41) is 13.4. The Labute approximate surface area is 205 Å². The van der Waals surface area contributed by atoms with Gasteiger partial charge in [-0.2, -0.15) is 4.31 Å². The summed E-state index contributed by atoms with van der Waals surface area (Å²) in [5.41, 5.74) is 2.84. The fourth-order valence-electron chi connectivity index (χ4n) is 4.25. The molecule has 0 fully saturated rings. The van der Waals surface area contributed by atoms with Crippen LogP contribution < -0.4 is 5.32 Å². The van der Waals surface area contributed by atoms with E-state index in [0.29, 0.717) is 6.42 Å². The topological polar surface area (TPSA) is 86.7 Å². The van der Waals surface area contributed by atoms with Crippen LogP contribution in [0, 0.1) is 0 Å². The molecule has 0 bridgehead atoms. The lowest BCUT2D eigenvalue weighted by atomic mass is 10.1. The Hall–Kier alpha value is -2.71. The van der Waals surface area contributed by atoms with Gasteiger partial charge in [-0.25, -0.2) is 8.42 Å². The van der Waals surface area contributed by atoms with Gasteiger partial charge >= 0.3 is 0 Å². The summed E-state index contributed by atoms with van der Waals surface area (Å²) < 4.78 is 28.6. The van der Waals surface area contributed by atoms with Gasteiger partial charge in [-0.05, 0) is 48.7 Å². The van der Waals surface area contributed by atoms with Gasteiger partial charge in [0.15, 0.2) is 0 Å². The van der Waals surface area contributed by atoms with Gasteiger partial charge in [-0.1, -0.05) is 66.2 Å². The van der Waals surface area contributed by atoms with Crippen LogP contribution in [-0.4, -0.2) is 35.9 Å². The summed E-state index contributed by atoms with van der Waals surface area (Å²) in [6.07, 6.45) is -0.302. The largest absolute Gasteiger partial charge is 0.390 e. The lowest BCUT2D eigenvalue weighted by Gasteiger charge is -2.27. The molecule has 0 unspecified atom stereocenters. The lowest BCUT2D eigenvalue weighted by Crippen LogP contribution is -2.37. The maximum atomic E-state index is 13.6. The minimum Gasteiger partial charge on any atom is -0.390 e. The number of halogens is 1. The van der Waals surface area contributed by atoms with E-state index in [1.165, 1.54) is 22.5 Å². The molecular formula is C26H27ClN2O4S. The number of sulfonamides is 1. The minimum absolute atomic E-state index is 0.0431. The number of rotatable bonds is 7. The molecule has 3 aromatic rings. The molecule has 34 heavy (non-hydrogen) atoms. The van der Waals surface area contributed by atoms with Crippen LogP contribution in [0.5, 0.6) is 0 Å². The second-order valence-electron chi connectivity index (χ2n) is 8.70. The SMILES string of the molecule is CC(C)N(Cc1ccccc1)S(=O)(=O)c1cc(C(=O)N[C@@H]2c3ccccc3C[C@@H]2O)ccc1Cl. The van der Waals surface area contributed by atoms with E-state index in [-0.39, 0.29) is 28.1 Å². The summed E-state index contributed by atoms with van der Waals surface area (Å²) in [6, 6.07) is 20.2. The molecule has 0 aromatic heterocycles. The van der Waals surface area contributed by atoms with Crippen molar-refractivity contribution in [3.8, 4) is 0 Å². The van der Waals surface area contributed by atoms with E-state index >= 15 is 0 Å². The monoisotopic (exact) mass is 498 g/mol. The van der Waals surface area contributed by atoms with Crippen molar-refractivity contribution in [2.24, 2.45) is 0 Å². The number of aliphatic hydroxyl groups excluding tert-OH is 1. The molecule has 2 N–H and O–H groups in total.